The topological polar surface area (TPSA) is 86.7 Å². The van der Waals surface area contributed by atoms with Crippen LogP contribution in [0.3, 0.4) is 0 Å². The molecule has 0 spiro atoms. The Morgan fingerprint density at radius 3 is 2.61 bits per heavy atom. The molecular weight excluding hydrogens is 468 g/mol. The van der Waals surface area contributed by atoms with Gasteiger partial charge in [-0.1, -0.05) is 12.1 Å². The molecule has 0 radical (unpaired) electrons. The first kappa shape index (κ1) is 24.3. The van der Waals surface area contributed by atoms with E-state index in [0.29, 0.717) is 16.9 Å². The molecule has 190 valence electrons. The molecule has 0 aliphatic carbocycles. The summed E-state index contributed by atoms with van der Waals surface area (Å²) in [5, 5.41) is 3.25. The largest absolute Gasteiger partial charge is 0.373 e. The summed E-state index contributed by atoms with van der Waals surface area (Å²) in [4.78, 5) is 31.2. The molecule has 2 aromatic heterocycles. The van der Waals surface area contributed by atoms with Crippen molar-refractivity contribution >= 4 is 28.4 Å². The molecule has 3 aromatic rings. The number of aromatic nitrogens is 3. The molecule has 0 unspecified atom stereocenters. The van der Waals surface area contributed by atoms with Crippen LogP contribution >= 0.6 is 0 Å². The van der Waals surface area contributed by atoms with Gasteiger partial charge in [-0.2, -0.15) is 8.78 Å². The van der Waals surface area contributed by atoms with Crippen molar-refractivity contribution in [1.29, 1.82) is 0 Å². The van der Waals surface area contributed by atoms with E-state index in [9.17, 15) is 13.6 Å². The first-order chi connectivity index (χ1) is 17.5. The van der Waals surface area contributed by atoms with Crippen LogP contribution in [0.15, 0.2) is 42.7 Å². The molecule has 11 heteroatoms. The van der Waals surface area contributed by atoms with Gasteiger partial charge in [-0.05, 0) is 25.2 Å². The van der Waals surface area contributed by atoms with Gasteiger partial charge in [-0.15, -0.1) is 0 Å². The molecule has 4 heterocycles. The lowest BCUT2D eigenvalue weighted by Gasteiger charge is -2.34. The zero-order valence-corrected chi connectivity index (χ0v) is 20.1. The standard InChI is InChI=1S/C25H29F2N7O2/c1-32-8-10-33(11-9-32)18-4-2-17(3-5-18)20-14-21-22(29-7-6-28-21)24(31-20)30-15-19-16-34(12-13-36-19)25(35)23(26)27/h2-7,14,19,23H,8-13,15-16H2,1H3,(H,30,31)/t19-/m1/s1. The van der Waals surface area contributed by atoms with Gasteiger partial charge in [0.05, 0.1) is 23.9 Å². The molecule has 9 nitrogen and oxygen atoms in total. The predicted octanol–water partition coefficient (Wildman–Crippen LogP) is 2.35. The van der Waals surface area contributed by atoms with Gasteiger partial charge in [0, 0.05) is 69.5 Å². The van der Waals surface area contributed by atoms with Gasteiger partial charge in [0.15, 0.2) is 5.82 Å². The Morgan fingerprint density at radius 1 is 1.11 bits per heavy atom. The molecule has 0 saturated carbocycles. The highest BCUT2D eigenvalue weighted by Crippen LogP contribution is 2.27. The quantitative estimate of drug-likeness (QED) is 0.556. The van der Waals surface area contributed by atoms with E-state index in [4.69, 9.17) is 9.72 Å². The number of rotatable bonds is 6. The summed E-state index contributed by atoms with van der Waals surface area (Å²) in [6, 6.07) is 10.2. The summed E-state index contributed by atoms with van der Waals surface area (Å²) in [6.45, 7) is 4.82. The maximum absolute atomic E-state index is 12.8. The zero-order valence-electron chi connectivity index (χ0n) is 20.1. The summed E-state index contributed by atoms with van der Waals surface area (Å²) >= 11 is 0. The van der Waals surface area contributed by atoms with E-state index in [-0.39, 0.29) is 26.2 Å². The maximum Gasteiger partial charge on any atom is 0.315 e. The zero-order chi connectivity index (χ0) is 25.1. The number of fused-ring (bicyclic) bond motifs is 1. The van der Waals surface area contributed by atoms with E-state index in [2.05, 4.69) is 56.4 Å². The number of anilines is 2. The number of amides is 1. The van der Waals surface area contributed by atoms with Gasteiger partial charge in [-0.25, -0.2) is 9.97 Å². The molecule has 0 bridgehead atoms. The van der Waals surface area contributed by atoms with Gasteiger partial charge in [0.1, 0.15) is 5.52 Å². The molecule has 1 atom stereocenters. The molecular formula is C25H29F2N7O2. The smallest absolute Gasteiger partial charge is 0.315 e. The normalized spacial score (nSPS) is 19.2. The molecule has 5 rings (SSSR count). The predicted molar refractivity (Wildman–Crippen MR) is 133 cm³/mol. The number of hydrogen-bond acceptors (Lipinski definition) is 8. The summed E-state index contributed by atoms with van der Waals surface area (Å²) < 4.78 is 31.4. The third kappa shape index (κ3) is 5.36. The van der Waals surface area contributed by atoms with Crippen LogP contribution < -0.4 is 10.2 Å². The first-order valence-electron chi connectivity index (χ1n) is 12.1. The van der Waals surface area contributed by atoms with Crippen molar-refractivity contribution in [3.05, 3.63) is 42.7 Å². The monoisotopic (exact) mass is 497 g/mol. The highest BCUT2D eigenvalue weighted by atomic mass is 19.3. The number of carbonyl (C=O) groups excluding carboxylic acids is 1. The van der Waals surface area contributed by atoms with Crippen LogP contribution in [0.5, 0.6) is 0 Å². The number of ether oxygens (including phenoxy) is 1. The average Bonchev–Trinajstić information content (AvgIpc) is 2.92. The van der Waals surface area contributed by atoms with Gasteiger partial charge in [0.25, 0.3) is 5.91 Å². The van der Waals surface area contributed by atoms with Crippen molar-refractivity contribution in [2.75, 3.05) is 69.7 Å². The number of hydrogen-bond donors (Lipinski definition) is 1. The van der Waals surface area contributed by atoms with Crippen LogP contribution in [-0.4, -0.2) is 103 Å². The van der Waals surface area contributed by atoms with Gasteiger partial charge in [0.2, 0.25) is 0 Å². The van der Waals surface area contributed by atoms with Crippen molar-refractivity contribution in [1.82, 2.24) is 24.8 Å². The molecule has 36 heavy (non-hydrogen) atoms. The Morgan fingerprint density at radius 2 is 1.86 bits per heavy atom. The molecule has 2 aliphatic rings. The van der Waals surface area contributed by atoms with E-state index >= 15 is 0 Å². The fraction of sp³-hybridized carbons (Fsp3) is 0.440. The maximum atomic E-state index is 12.8. The molecule has 1 N–H and O–H groups in total. The lowest BCUT2D eigenvalue weighted by Crippen LogP contribution is -2.49. The average molecular weight is 498 g/mol. The Bertz CT molecular complexity index is 1200. The van der Waals surface area contributed by atoms with Crippen molar-refractivity contribution in [3.8, 4) is 11.3 Å². The van der Waals surface area contributed by atoms with E-state index in [0.717, 1.165) is 42.3 Å². The number of nitrogens with one attached hydrogen (secondary N) is 1. The summed E-state index contributed by atoms with van der Waals surface area (Å²) in [6.07, 6.45) is -0.233. The fourth-order valence-corrected chi connectivity index (χ4v) is 4.54. The minimum atomic E-state index is -3.02. The number of pyridine rings is 1. The SMILES string of the molecule is CN1CCN(c2ccc(-c3cc4nccnc4c(NC[C@@H]4CN(C(=O)C(F)F)CCO4)n3)cc2)CC1. The number of piperazine rings is 1. The molecule has 1 amide bonds. The number of halogens is 2. The van der Waals surface area contributed by atoms with Crippen molar-refractivity contribution in [3.63, 3.8) is 0 Å². The highest BCUT2D eigenvalue weighted by molar-refractivity contribution is 5.88. The van der Waals surface area contributed by atoms with E-state index in [1.165, 1.54) is 5.69 Å². The Kier molecular flexibility index (Phi) is 7.19. The van der Waals surface area contributed by atoms with Crippen molar-refractivity contribution in [2.24, 2.45) is 0 Å². The van der Waals surface area contributed by atoms with Crippen molar-refractivity contribution in [2.45, 2.75) is 12.5 Å². The summed E-state index contributed by atoms with van der Waals surface area (Å²) in [7, 11) is 2.14. The number of morpholine rings is 1. The van der Waals surface area contributed by atoms with Gasteiger partial charge < -0.3 is 24.8 Å². The Balaban J connectivity index is 1.33. The second-order valence-electron chi connectivity index (χ2n) is 9.08. The molecule has 1 aromatic carbocycles. The minimum Gasteiger partial charge on any atom is -0.373 e. The number of likely N-dealkylation sites (N-methyl/N-ethyl adjacent to an activating group) is 1. The molecule has 2 saturated heterocycles. The summed E-state index contributed by atoms with van der Waals surface area (Å²) in [5.41, 5.74) is 4.17. The minimum absolute atomic E-state index is 0.0905. The van der Waals surface area contributed by atoms with E-state index in [1.54, 1.807) is 12.4 Å². The summed E-state index contributed by atoms with van der Waals surface area (Å²) in [5.74, 6) is -0.639. The fourth-order valence-electron chi connectivity index (χ4n) is 4.54. The van der Waals surface area contributed by atoms with Crippen LogP contribution in [0.1, 0.15) is 0 Å². The number of alkyl halides is 2. The second kappa shape index (κ2) is 10.7. The van der Waals surface area contributed by atoms with Crippen molar-refractivity contribution < 1.29 is 18.3 Å². The van der Waals surface area contributed by atoms with Crippen LogP contribution in [0.2, 0.25) is 0 Å². The van der Waals surface area contributed by atoms with Crippen LogP contribution in [0.25, 0.3) is 22.3 Å². The molecule has 2 aliphatic heterocycles. The van der Waals surface area contributed by atoms with Crippen LogP contribution in [0, 0.1) is 0 Å². The number of benzene rings is 1. The molecule has 2 fully saturated rings. The third-order valence-electron chi connectivity index (χ3n) is 6.62. The second-order valence-corrected chi connectivity index (χ2v) is 9.08. The lowest BCUT2D eigenvalue weighted by molar-refractivity contribution is -0.149. The van der Waals surface area contributed by atoms with Crippen LogP contribution in [0.4, 0.5) is 20.3 Å². The van der Waals surface area contributed by atoms with E-state index in [1.807, 2.05) is 6.07 Å². The van der Waals surface area contributed by atoms with Gasteiger partial charge >= 0.3 is 6.43 Å². The number of carbonyl (C=O) groups is 1. The Hall–Kier alpha value is -3.44. The van der Waals surface area contributed by atoms with Crippen LogP contribution in [-0.2, 0) is 9.53 Å². The van der Waals surface area contributed by atoms with Gasteiger partial charge in [-0.3, -0.25) is 9.78 Å². The number of nitrogens with zero attached hydrogens (tertiary/aromatic N) is 6. The third-order valence-corrected chi connectivity index (χ3v) is 6.62. The highest BCUT2D eigenvalue weighted by Gasteiger charge is 2.29. The lowest BCUT2D eigenvalue weighted by atomic mass is 10.1. The Labute approximate surface area is 208 Å². The van der Waals surface area contributed by atoms with E-state index < -0.39 is 18.4 Å². The first-order valence-corrected chi connectivity index (χ1v) is 12.1.